The van der Waals surface area contributed by atoms with Crippen LogP contribution in [0, 0.1) is 0 Å². The van der Waals surface area contributed by atoms with E-state index in [0.29, 0.717) is 22.2 Å². The first-order chi connectivity index (χ1) is 10.6. The minimum atomic E-state index is -0.397. The number of nitrogens with one attached hydrogen (secondary N) is 2. The van der Waals surface area contributed by atoms with Crippen molar-refractivity contribution in [2.75, 3.05) is 17.4 Å². The van der Waals surface area contributed by atoms with Gasteiger partial charge in [0.15, 0.2) is 11.5 Å². The number of ether oxygens (including phenoxy) is 2. The highest BCUT2D eigenvalue weighted by Crippen LogP contribution is 2.34. The van der Waals surface area contributed by atoms with Crippen molar-refractivity contribution in [3.05, 3.63) is 47.5 Å². The molecule has 3 rings (SSSR count). The number of carbonyl (C=O) groups is 1. The first-order valence-electron chi connectivity index (χ1n) is 6.84. The van der Waals surface area contributed by atoms with Crippen LogP contribution in [0.4, 0.5) is 11.4 Å². The van der Waals surface area contributed by atoms with Gasteiger partial charge in [-0.3, -0.25) is 4.79 Å². The van der Waals surface area contributed by atoms with Gasteiger partial charge in [0.2, 0.25) is 12.7 Å². The van der Waals surface area contributed by atoms with Crippen LogP contribution in [0.2, 0.25) is 5.02 Å². The molecule has 22 heavy (non-hydrogen) atoms. The van der Waals surface area contributed by atoms with E-state index >= 15 is 0 Å². The summed E-state index contributed by atoms with van der Waals surface area (Å²) >= 11 is 5.84. The summed E-state index contributed by atoms with van der Waals surface area (Å²) in [6, 6.07) is 12.1. The van der Waals surface area contributed by atoms with Crippen LogP contribution < -0.4 is 20.1 Å². The van der Waals surface area contributed by atoms with Crippen LogP contribution in [0.1, 0.15) is 6.92 Å². The highest BCUT2D eigenvalue weighted by Gasteiger charge is 2.16. The second-order valence-electron chi connectivity index (χ2n) is 4.93. The molecule has 2 N–H and O–H groups in total. The van der Waals surface area contributed by atoms with Crippen molar-refractivity contribution in [2.24, 2.45) is 0 Å². The third-order valence-corrected chi connectivity index (χ3v) is 3.51. The molecule has 0 bridgehead atoms. The molecule has 0 saturated carbocycles. The Bertz CT molecular complexity index is 688. The topological polar surface area (TPSA) is 59.6 Å². The van der Waals surface area contributed by atoms with E-state index in [2.05, 4.69) is 10.6 Å². The Morgan fingerprint density at radius 1 is 1.09 bits per heavy atom. The fraction of sp³-hybridized carbons (Fsp3) is 0.188. The number of hydrogen-bond donors (Lipinski definition) is 2. The first-order valence-corrected chi connectivity index (χ1v) is 7.22. The van der Waals surface area contributed by atoms with E-state index in [0.717, 1.165) is 5.69 Å². The zero-order chi connectivity index (χ0) is 15.5. The van der Waals surface area contributed by atoms with E-state index in [4.69, 9.17) is 21.1 Å². The maximum Gasteiger partial charge on any atom is 0.246 e. The monoisotopic (exact) mass is 318 g/mol. The van der Waals surface area contributed by atoms with Crippen LogP contribution in [-0.2, 0) is 4.79 Å². The molecule has 0 spiro atoms. The molecule has 0 fully saturated rings. The molecule has 0 saturated heterocycles. The Kier molecular flexibility index (Phi) is 4.06. The molecular formula is C16H15ClN2O3. The van der Waals surface area contributed by atoms with Gasteiger partial charge in [0.05, 0.1) is 0 Å². The molecule has 1 aliphatic rings. The smallest absolute Gasteiger partial charge is 0.246 e. The fourth-order valence-corrected chi connectivity index (χ4v) is 2.21. The van der Waals surface area contributed by atoms with Gasteiger partial charge in [-0.1, -0.05) is 11.6 Å². The Balaban J connectivity index is 1.62. The lowest BCUT2D eigenvalue weighted by Gasteiger charge is -2.15. The number of fused-ring (bicyclic) bond motifs is 1. The average Bonchev–Trinajstić information content (AvgIpc) is 2.97. The summed E-state index contributed by atoms with van der Waals surface area (Å²) in [4.78, 5) is 12.2. The van der Waals surface area contributed by atoms with Crippen LogP contribution in [0.5, 0.6) is 11.5 Å². The molecule has 0 aliphatic carbocycles. The van der Waals surface area contributed by atoms with Crippen molar-refractivity contribution in [1.29, 1.82) is 0 Å². The third kappa shape index (κ3) is 3.26. The Morgan fingerprint density at radius 2 is 1.77 bits per heavy atom. The van der Waals surface area contributed by atoms with Gasteiger partial charge in [-0.25, -0.2) is 0 Å². The summed E-state index contributed by atoms with van der Waals surface area (Å²) in [6.07, 6.45) is 0. The van der Waals surface area contributed by atoms with Gasteiger partial charge >= 0.3 is 0 Å². The lowest BCUT2D eigenvalue weighted by molar-refractivity contribution is -0.116. The Morgan fingerprint density at radius 3 is 2.55 bits per heavy atom. The van der Waals surface area contributed by atoms with Crippen LogP contribution in [-0.4, -0.2) is 18.7 Å². The standard InChI is InChI=1S/C16H15ClN2O3/c1-10(18-12-4-2-11(17)3-5-12)16(20)19-13-6-7-14-15(8-13)22-9-21-14/h2-8,10,18H,9H2,1H3,(H,19,20). The summed E-state index contributed by atoms with van der Waals surface area (Å²) in [5.74, 6) is 1.18. The minimum absolute atomic E-state index is 0.145. The largest absolute Gasteiger partial charge is 0.454 e. The molecule has 0 aromatic heterocycles. The maximum atomic E-state index is 12.2. The van der Waals surface area contributed by atoms with Crippen molar-refractivity contribution in [3.8, 4) is 11.5 Å². The first kappa shape index (κ1) is 14.5. The van der Waals surface area contributed by atoms with Gasteiger partial charge in [-0.05, 0) is 43.3 Å². The molecule has 1 atom stereocenters. The second kappa shape index (κ2) is 6.15. The molecule has 2 aromatic rings. The van der Waals surface area contributed by atoms with E-state index in [-0.39, 0.29) is 12.7 Å². The van der Waals surface area contributed by atoms with Crippen LogP contribution in [0.25, 0.3) is 0 Å². The molecule has 1 unspecified atom stereocenters. The lowest BCUT2D eigenvalue weighted by Crippen LogP contribution is -2.31. The van der Waals surface area contributed by atoms with Crippen molar-refractivity contribution in [1.82, 2.24) is 0 Å². The number of carbonyl (C=O) groups excluding carboxylic acids is 1. The maximum absolute atomic E-state index is 12.2. The van der Waals surface area contributed by atoms with Gasteiger partial charge in [0.25, 0.3) is 0 Å². The number of hydrogen-bond acceptors (Lipinski definition) is 4. The number of halogens is 1. The van der Waals surface area contributed by atoms with Gasteiger partial charge in [0.1, 0.15) is 6.04 Å². The molecule has 114 valence electrons. The van der Waals surface area contributed by atoms with Crippen molar-refractivity contribution >= 4 is 28.9 Å². The number of rotatable bonds is 4. The number of benzene rings is 2. The van der Waals surface area contributed by atoms with Crippen molar-refractivity contribution in [3.63, 3.8) is 0 Å². The van der Waals surface area contributed by atoms with Gasteiger partial charge < -0.3 is 20.1 Å². The SMILES string of the molecule is CC(Nc1ccc(Cl)cc1)C(=O)Nc1ccc2c(c1)OCO2. The second-order valence-corrected chi connectivity index (χ2v) is 5.37. The average molecular weight is 319 g/mol. The van der Waals surface area contributed by atoms with E-state index in [1.807, 2.05) is 12.1 Å². The quantitative estimate of drug-likeness (QED) is 0.905. The normalized spacial score (nSPS) is 13.5. The molecule has 1 amide bonds. The Hall–Kier alpha value is -2.40. The highest BCUT2D eigenvalue weighted by atomic mass is 35.5. The van der Waals surface area contributed by atoms with Crippen molar-refractivity contribution in [2.45, 2.75) is 13.0 Å². The van der Waals surface area contributed by atoms with Crippen LogP contribution >= 0.6 is 11.6 Å². The van der Waals surface area contributed by atoms with Crippen LogP contribution in [0.15, 0.2) is 42.5 Å². The summed E-state index contributed by atoms with van der Waals surface area (Å²) < 4.78 is 10.5. The summed E-state index contributed by atoms with van der Waals surface area (Å²) in [5, 5.41) is 6.61. The summed E-state index contributed by atoms with van der Waals surface area (Å²) in [6.45, 7) is 2.00. The van der Waals surface area contributed by atoms with E-state index in [1.54, 1.807) is 37.3 Å². The van der Waals surface area contributed by atoms with Gasteiger partial charge in [-0.15, -0.1) is 0 Å². The Labute approximate surface area is 133 Å². The molecule has 2 aromatic carbocycles. The van der Waals surface area contributed by atoms with Gasteiger partial charge in [0, 0.05) is 22.5 Å². The molecule has 1 aliphatic heterocycles. The van der Waals surface area contributed by atoms with Crippen LogP contribution in [0.3, 0.4) is 0 Å². The highest BCUT2D eigenvalue weighted by molar-refractivity contribution is 6.30. The lowest BCUT2D eigenvalue weighted by atomic mass is 10.2. The summed E-state index contributed by atoms with van der Waals surface area (Å²) in [7, 11) is 0. The zero-order valence-electron chi connectivity index (χ0n) is 11.9. The number of anilines is 2. The third-order valence-electron chi connectivity index (χ3n) is 3.26. The van der Waals surface area contributed by atoms with E-state index in [9.17, 15) is 4.79 Å². The van der Waals surface area contributed by atoms with Gasteiger partial charge in [-0.2, -0.15) is 0 Å². The zero-order valence-corrected chi connectivity index (χ0v) is 12.7. The molecule has 1 heterocycles. The molecular weight excluding hydrogens is 304 g/mol. The van der Waals surface area contributed by atoms with E-state index < -0.39 is 6.04 Å². The minimum Gasteiger partial charge on any atom is -0.454 e. The predicted molar refractivity (Wildman–Crippen MR) is 85.7 cm³/mol. The van der Waals surface area contributed by atoms with E-state index in [1.165, 1.54) is 0 Å². The molecule has 0 radical (unpaired) electrons. The number of amides is 1. The molecule has 6 heteroatoms. The fourth-order valence-electron chi connectivity index (χ4n) is 2.09. The van der Waals surface area contributed by atoms with Crippen molar-refractivity contribution < 1.29 is 14.3 Å². The summed E-state index contributed by atoms with van der Waals surface area (Å²) in [5.41, 5.74) is 1.50. The molecule has 5 nitrogen and oxygen atoms in total. The predicted octanol–water partition coefficient (Wildman–Crippen LogP) is 3.51.